The molecule has 24 heavy (non-hydrogen) atoms. The van der Waals surface area contributed by atoms with E-state index in [0.717, 1.165) is 0 Å². The summed E-state index contributed by atoms with van der Waals surface area (Å²) in [7, 11) is 0. The highest BCUT2D eigenvalue weighted by Gasteiger charge is 2.35. The molecule has 6 nitrogen and oxygen atoms in total. The molecule has 1 heterocycles. The second kappa shape index (κ2) is 7.64. The smallest absolute Gasteiger partial charge is 0.254 e. The number of amides is 3. The molecule has 2 rings (SSSR count). The van der Waals surface area contributed by atoms with Crippen molar-refractivity contribution in [1.29, 1.82) is 0 Å². The van der Waals surface area contributed by atoms with Crippen molar-refractivity contribution in [3.05, 3.63) is 29.8 Å². The lowest BCUT2D eigenvalue weighted by atomic mass is 10.1. The van der Waals surface area contributed by atoms with Gasteiger partial charge in [-0.3, -0.25) is 14.4 Å². The van der Waals surface area contributed by atoms with E-state index in [1.165, 1.54) is 0 Å². The SMILES string of the molecule is C#CCNC(=O)c1ccccc1NC(=O)C1CC(=O)N(C(C)C)C1. The van der Waals surface area contributed by atoms with Crippen molar-refractivity contribution in [2.75, 3.05) is 18.4 Å². The molecule has 0 spiro atoms. The molecule has 1 aliphatic rings. The van der Waals surface area contributed by atoms with Gasteiger partial charge >= 0.3 is 0 Å². The molecule has 1 unspecified atom stereocenters. The number of carbonyl (C=O) groups excluding carboxylic acids is 3. The first-order valence-corrected chi connectivity index (χ1v) is 7.85. The molecule has 1 atom stereocenters. The van der Waals surface area contributed by atoms with Crippen LogP contribution >= 0.6 is 0 Å². The quantitative estimate of drug-likeness (QED) is 0.799. The molecule has 1 aromatic carbocycles. The van der Waals surface area contributed by atoms with E-state index >= 15 is 0 Å². The maximum absolute atomic E-state index is 12.5. The molecule has 1 aromatic rings. The summed E-state index contributed by atoms with van der Waals surface area (Å²) in [5.74, 6) is 1.28. The summed E-state index contributed by atoms with van der Waals surface area (Å²) in [6.45, 7) is 4.35. The van der Waals surface area contributed by atoms with Crippen LogP contribution in [0.15, 0.2) is 24.3 Å². The number of anilines is 1. The number of terminal acetylenes is 1. The molecule has 2 N–H and O–H groups in total. The van der Waals surface area contributed by atoms with Crippen LogP contribution in [0.5, 0.6) is 0 Å². The summed E-state index contributed by atoms with van der Waals surface area (Å²) < 4.78 is 0. The highest BCUT2D eigenvalue weighted by molar-refractivity contribution is 6.05. The van der Waals surface area contributed by atoms with E-state index in [1.807, 2.05) is 13.8 Å². The predicted molar refractivity (Wildman–Crippen MR) is 91.2 cm³/mol. The Morgan fingerprint density at radius 3 is 2.71 bits per heavy atom. The number of para-hydroxylation sites is 1. The predicted octanol–water partition coefficient (Wildman–Crippen LogP) is 1.24. The molecule has 0 aromatic heterocycles. The fraction of sp³-hybridized carbons (Fsp3) is 0.389. The van der Waals surface area contributed by atoms with Gasteiger partial charge in [-0.2, -0.15) is 0 Å². The normalized spacial score (nSPS) is 16.8. The van der Waals surface area contributed by atoms with Crippen molar-refractivity contribution in [2.24, 2.45) is 5.92 Å². The lowest BCUT2D eigenvalue weighted by Crippen LogP contribution is -2.33. The summed E-state index contributed by atoms with van der Waals surface area (Å²) >= 11 is 0. The Morgan fingerprint density at radius 1 is 1.38 bits per heavy atom. The van der Waals surface area contributed by atoms with Gasteiger partial charge in [-0.1, -0.05) is 18.1 Å². The number of nitrogens with zero attached hydrogens (tertiary/aromatic N) is 1. The van der Waals surface area contributed by atoms with Crippen molar-refractivity contribution in [1.82, 2.24) is 10.2 Å². The van der Waals surface area contributed by atoms with Crippen molar-refractivity contribution in [3.63, 3.8) is 0 Å². The number of hydrogen-bond donors (Lipinski definition) is 2. The first-order valence-electron chi connectivity index (χ1n) is 7.85. The average Bonchev–Trinajstić information content (AvgIpc) is 2.95. The van der Waals surface area contributed by atoms with Crippen molar-refractivity contribution in [3.8, 4) is 12.3 Å². The topological polar surface area (TPSA) is 78.5 Å². The van der Waals surface area contributed by atoms with Gasteiger partial charge in [0, 0.05) is 19.0 Å². The molecule has 0 aliphatic carbocycles. The first kappa shape index (κ1) is 17.5. The van der Waals surface area contributed by atoms with Gasteiger partial charge in [0.15, 0.2) is 0 Å². The van der Waals surface area contributed by atoms with Crippen LogP contribution in [0.4, 0.5) is 5.69 Å². The first-order chi connectivity index (χ1) is 11.4. The summed E-state index contributed by atoms with van der Waals surface area (Å²) in [6.07, 6.45) is 5.33. The number of carbonyl (C=O) groups is 3. The molecule has 1 saturated heterocycles. The molecule has 1 fully saturated rings. The maximum Gasteiger partial charge on any atom is 0.254 e. The maximum atomic E-state index is 12.5. The van der Waals surface area contributed by atoms with Crippen LogP contribution < -0.4 is 10.6 Å². The number of benzene rings is 1. The van der Waals surface area contributed by atoms with Crippen LogP contribution in [-0.2, 0) is 9.59 Å². The number of hydrogen-bond acceptors (Lipinski definition) is 3. The Labute approximate surface area is 141 Å². The number of nitrogens with one attached hydrogen (secondary N) is 2. The summed E-state index contributed by atoms with van der Waals surface area (Å²) in [5.41, 5.74) is 0.749. The molecule has 0 saturated carbocycles. The minimum absolute atomic E-state index is 0.0230. The van der Waals surface area contributed by atoms with Gasteiger partial charge in [0.05, 0.1) is 23.7 Å². The zero-order chi connectivity index (χ0) is 17.7. The Kier molecular flexibility index (Phi) is 5.59. The van der Waals surface area contributed by atoms with E-state index in [9.17, 15) is 14.4 Å². The van der Waals surface area contributed by atoms with Crippen molar-refractivity contribution in [2.45, 2.75) is 26.3 Å². The standard InChI is InChI=1S/C18H21N3O3/c1-4-9-19-18(24)14-7-5-6-8-15(14)20-17(23)13-10-16(22)21(11-13)12(2)3/h1,5-8,12-13H,9-11H2,2-3H3,(H,19,24)(H,20,23). The number of rotatable bonds is 5. The fourth-order valence-corrected chi connectivity index (χ4v) is 2.66. The zero-order valence-corrected chi connectivity index (χ0v) is 13.8. The summed E-state index contributed by atoms with van der Waals surface area (Å²) in [6, 6.07) is 6.77. The lowest BCUT2D eigenvalue weighted by Gasteiger charge is -2.20. The van der Waals surface area contributed by atoms with E-state index in [-0.39, 0.29) is 36.7 Å². The molecule has 126 valence electrons. The molecule has 3 amide bonds. The van der Waals surface area contributed by atoms with Crippen LogP contribution in [0.3, 0.4) is 0 Å². The van der Waals surface area contributed by atoms with Gasteiger partial charge in [-0.25, -0.2) is 0 Å². The van der Waals surface area contributed by atoms with E-state index in [4.69, 9.17) is 6.42 Å². The van der Waals surface area contributed by atoms with Crippen LogP contribution in [0.25, 0.3) is 0 Å². The van der Waals surface area contributed by atoms with Gasteiger partial charge in [0.25, 0.3) is 5.91 Å². The van der Waals surface area contributed by atoms with Crippen LogP contribution in [0.2, 0.25) is 0 Å². The monoisotopic (exact) mass is 327 g/mol. The average molecular weight is 327 g/mol. The molecular formula is C18H21N3O3. The van der Waals surface area contributed by atoms with Gasteiger partial charge in [0.2, 0.25) is 11.8 Å². The second-order valence-electron chi connectivity index (χ2n) is 5.96. The fourth-order valence-electron chi connectivity index (χ4n) is 2.66. The second-order valence-corrected chi connectivity index (χ2v) is 5.96. The summed E-state index contributed by atoms with van der Waals surface area (Å²) in [4.78, 5) is 38.2. The highest BCUT2D eigenvalue weighted by Crippen LogP contribution is 2.23. The third-order valence-electron chi connectivity index (χ3n) is 3.93. The van der Waals surface area contributed by atoms with E-state index < -0.39 is 5.92 Å². The van der Waals surface area contributed by atoms with E-state index in [1.54, 1.807) is 29.2 Å². The molecule has 0 bridgehead atoms. The minimum atomic E-state index is -0.415. The lowest BCUT2D eigenvalue weighted by molar-refractivity contribution is -0.129. The van der Waals surface area contributed by atoms with E-state index in [2.05, 4.69) is 16.6 Å². The van der Waals surface area contributed by atoms with Crippen molar-refractivity contribution < 1.29 is 14.4 Å². The highest BCUT2D eigenvalue weighted by atomic mass is 16.2. The molecule has 1 aliphatic heterocycles. The Bertz CT molecular complexity index is 691. The van der Waals surface area contributed by atoms with E-state index in [0.29, 0.717) is 17.8 Å². The van der Waals surface area contributed by atoms with Gasteiger partial charge in [-0.15, -0.1) is 6.42 Å². The minimum Gasteiger partial charge on any atom is -0.341 e. The van der Waals surface area contributed by atoms with Crippen molar-refractivity contribution >= 4 is 23.4 Å². The van der Waals surface area contributed by atoms with Crippen LogP contribution in [0, 0.1) is 18.3 Å². The Morgan fingerprint density at radius 2 is 2.08 bits per heavy atom. The van der Waals surface area contributed by atoms with Gasteiger partial charge in [0.1, 0.15) is 0 Å². The Balaban J connectivity index is 2.09. The zero-order valence-electron chi connectivity index (χ0n) is 13.8. The van der Waals surface area contributed by atoms with Gasteiger partial charge in [-0.05, 0) is 26.0 Å². The molecule has 0 radical (unpaired) electrons. The largest absolute Gasteiger partial charge is 0.341 e. The third kappa shape index (κ3) is 3.93. The van der Waals surface area contributed by atoms with Crippen LogP contribution in [0.1, 0.15) is 30.6 Å². The Hall–Kier alpha value is -2.81. The third-order valence-corrected chi connectivity index (χ3v) is 3.93. The molecular weight excluding hydrogens is 306 g/mol. The molecule has 6 heteroatoms. The number of likely N-dealkylation sites (tertiary alicyclic amines) is 1. The van der Waals surface area contributed by atoms with Gasteiger partial charge < -0.3 is 15.5 Å². The summed E-state index contributed by atoms with van der Waals surface area (Å²) in [5, 5.41) is 5.33. The van der Waals surface area contributed by atoms with Crippen LogP contribution in [-0.4, -0.2) is 41.8 Å².